The Kier molecular flexibility index (Phi) is 5.44. The molecule has 0 unspecified atom stereocenters. The minimum Gasteiger partial charge on any atom is -0.454 e. The van der Waals surface area contributed by atoms with Gasteiger partial charge in [-0.2, -0.15) is 0 Å². The predicted molar refractivity (Wildman–Crippen MR) is 111 cm³/mol. The summed E-state index contributed by atoms with van der Waals surface area (Å²) < 4.78 is 10.7. The fourth-order valence-corrected chi connectivity index (χ4v) is 3.76. The summed E-state index contributed by atoms with van der Waals surface area (Å²) in [6, 6.07) is 12.4. The Morgan fingerprint density at radius 3 is 2.68 bits per heavy atom. The molecule has 2 aromatic carbocycles. The van der Waals surface area contributed by atoms with Crippen molar-refractivity contribution in [1.29, 1.82) is 0 Å². The van der Waals surface area contributed by atoms with Gasteiger partial charge in [0.25, 0.3) is 0 Å². The van der Waals surface area contributed by atoms with Crippen LogP contribution in [0.1, 0.15) is 24.0 Å². The van der Waals surface area contributed by atoms with Crippen molar-refractivity contribution < 1.29 is 14.3 Å². The van der Waals surface area contributed by atoms with E-state index < -0.39 is 0 Å². The summed E-state index contributed by atoms with van der Waals surface area (Å²) in [6.07, 6.45) is 5.24. The smallest absolute Gasteiger partial charge is 0.246 e. The van der Waals surface area contributed by atoms with Gasteiger partial charge in [-0.15, -0.1) is 0 Å². The van der Waals surface area contributed by atoms with Gasteiger partial charge in [-0.05, 0) is 55.7 Å². The Bertz CT molecular complexity index is 887. The maximum Gasteiger partial charge on any atom is 0.246 e. The number of anilines is 1. The van der Waals surface area contributed by atoms with Crippen LogP contribution in [-0.2, 0) is 4.79 Å². The molecule has 2 heterocycles. The van der Waals surface area contributed by atoms with Gasteiger partial charge in [-0.1, -0.05) is 29.3 Å². The van der Waals surface area contributed by atoms with Gasteiger partial charge in [0.05, 0.1) is 5.02 Å². The van der Waals surface area contributed by atoms with Crippen molar-refractivity contribution in [1.82, 2.24) is 4.90 Å². The number of halogens is 1. The molecule has 2 aliphatic heterocycles. The maximum absolute atomic E-state index is 12.5. The van der Waals surface area contributed by atoms with Crippen molar-refractivity contribution in [3.05, 3.63) is 58.6 Å². The number of ether oxygens (including phenoxy) is 2. The fourth-order valence-electron chi connectivity index (χ4n) is 3.49. The van der Waals surface area contributed by atoms with Crippen LogP contribution in [-0.4, -0.2) is 36.7 Å². The van der Waals surface area contributed by atoms with E-state index in [2.05, 4.69) is 36.5 Å². The molecule has 4 rings (SSSR count). The van der Waals surface area contributed by atoms with E-state index >= 15 is 0 Å². The van der Waals surface area contributed by atoms with E-state index in [4.69, 9.17) is 21.1 Å². The van der Waals surface area contributed by atoms with E-state index in [0.717, 1.165) is 37.2 Å². The summed E-state index contributed by atoms with van der Waals surface area (Å²) in [5, 5.41) is 4.05. The van der Waals surface area contributed by atoms with E-state index in [9.17, 15) is 4.79 Å². The number of piperidine rings is 1. The lowest BCUT2D eigenvalue weighted by molar-refractivity contribution is -0.126. The Balaban J connectivity index is 1.31. The molecule has 0 aromatic heterocycles. The number of nitrogens with zero attached hydrogens (tertiary/aromatic N) is 1. The second-order valence-electron chi connectivity index (χ2n) is 7.18. The number of hydrogen-bond donors (Lipinski definition) is 1. The molecule has 0 spiro atoms. The van der Waals surface area contributed by atoms with Gasteiger partial charge in [0.2, 0.25) is 12.7 Å². The molecule has 1 amide bonds. The van der Waals surface area contributed by atoms with Gasteiger partial charge in [-0.3, -0.25) is 4.79 Å². The Morgan fingerprint density at radius 2 is 1.93 bits per heavy atom. The number of fused-ring (bicyclic) bond motifs is 1. The van der Waals surface area contributed by atoms with Crippen molar-refractivity contribution >= 4 is 29.3 Å². The van der Waals surface area contributed by atoms with Crippen LogP contribution < -0.4 is 14.8 Å². The summed E-state index contributed by atoms with van der Waals surface area (Å²) >= 11 is 6.19. The molecular formula is C22H23ClN2O3. The van der Waals surface area contributed by atoms with E-state index in [1.807, 2.05) is 11.0 Å². The third-order valence-electron chi connectivity index (χ3n) is 5.10. The number of rotatable bonds is 4. The number of aryl methyl sites for hydroxylation is 1. The molecule has 146 valence electrons. The van der Waals surface area contributed by atoms with Crippen molar-refractivity contribution in [2.24, 2.45) is 0 Å². The van der Waals surface area contributed by atoms with Crippen molar-refractivity contribution in [2.45, 2.75) is 25.8 Å². The van der Waals surface area contributed by atoms with Gasteiger partial charge in [0.1, 0.15) is 0 Å². The van der Waals surface area contributed by atoms with Gasteiger partial charge < -0.3 is 19.7 Å². The summed E-state index contributed by atoms with van der Waals surface area (Å²) in [7, 11) is 0. The van der Waals surface area contributed by atoms with Crippen LogP contribution in [0, 0.1) is 6.92 Å². The average Bonchev–Trinajstić information content (AvgIpc) is 3.18. The highest BCUT2D eigenvalue weighted by Gasteiger charge is 2.22. The summed E-state index contributed by atoms with van der Waals surface area (Å²) in [5.74, 6) is 1.19. The summed E-state index contributed by atoms with van der Waals surface area (Å²) in [5.41, 5.74) is 3.20. The molecule has 0 saturated carbocycles. The number of hydrogen-bond acceptors (Lipinski definition) is 4. The highest BCUT2D eigenvalue weighted by Crippen LogP contribution is 2.40. The first-order valence-electron chi connectivity index (χ1n) is 9.48. The van der Waals surface area contributed by atoms with E-state index in [1.165, 1.54) is 5.56 Å². The van der Waals surface area contributed by atoms with E-state index in [1.54, 1.807) is 18.2 Å². The number of nitrogens with one attached hydrogen (secondary N) is 1. The van der Waals surface area contributed by atoms with Crippen LogP contribution in [0.4, 0.5) is 5.69 Å². The zero-order chi connectivity index (χ0) is 19.5. The largest absolute Gasteiger partial charge is 0.454 e. The minimum atomic E-state index is 0.0163. The van der Waals surface area contributed by atoms with Crippen molar-refractivity contribution in [2.75, 3.05) is 25.2 Å². The molecule has 0 bridgehead atoms. The molecule has 2 aromatic rings. The molecule has 5 nitrogen and oxygen atoms in total. The monoisotopic (exact) mass is 398 g/mol. The van der Waals surface area contributed by atoms with Crippen LogP contribution in [0.15, 0.2) is 42.5 Å². The quantitative estimate of drug-likeness (QED) is 0.771. The van der Waals surface area contributed by atoms with Gasteiger partial charge in [0, 0.05) is 30.9 Å². The van der Waals surface area contributed by atoms with Gasteiger partial charge >= 0.3 is 0 Å². The highest BCUT2D eigenvalue weighted by molar-refractivity contribution is 6.32. The Labute approximate surface area is 169 Å². The topological polar surface area (TPSA) is 50.8 Å². The first kappa shape index (κ1) is 18.7. The maximum atomic E-state index is 12.5. The molecule has 1 saturated heterocycles. The normalized spacial score (nSPS) is 16.6. The molecule has 0 aliphatic carbocycles. The summed E-state index contributed by atoms with van der Waals surface area (Å²) in [6.45, 7) is 3.74. The molecule has 1 N–H and O–H groups in total. The first-order chi connectivity index (χ1) is 13.6. The molecular weight excluding hydrogens is 376 g/mol. The second kappa shape index (κ2) is 8.15. The van der Waals surface area contributed by atoms with E-state index in [-0.39, 0.29) is 12.7 Å². The van der Waals surface area contributed by atoms with Gasteiger partial charge in [0.15, 0.2) is 11.5 Å². The number of amides is 1. The zero-order valence-corrected chi connectivity index (χ0v) is 16.5. The predicted octanol–water partition coefficient (Wildman–Crippen LogP) is 4.49. The SMILES string of the molecule is Cc1ccc(NC2CCN(C(=O)/C=C/c3cc(Cl)c4c(c3)OCO4)CC2)cc1. The third-order valence-corrected chi connectivity index (χ3v) is 5.38. The average molecular weight is 399 g/mol. The van der Waals surface area contributed by atoms with Gasteiger partial charge in [-0.25, -0.2) is 0 Å². The van der Waals surface area contributed by atoms with Crippen molar-refractivity contribution in [3.63, 3.8) is 0 Å². The van der Waals surface area contributed by atoms with Crippen molar-refractivity contribution in [3.8, 4) is 11.5 Å². The minimum absolute atomic E-state index is 0.0163. The lowest BCUT2D eigenvalue weighted by atomic mass is 10.0. The van der Waals surface area contributed by atoms with Crippen LogP contribution in [0.5, 0.6) is 11.5 Å². The van der Waals surface area contributed by atoms with Crippen LogP contribution in [0.2, 0.25) is 5.02 Å². The molecule has 28 heavy (non-hydrogen) atoms. The standard InChI is InChI=1S/C22H23ClN2O3/c1-15-2-5-17(6-3-15)24-18-8-10-25(11-9-18)21(26)7-4-16-12-19(23)22-20(13-16)27-14-28-22/h2-7,12-13,18,24H,8-11,14H2,1H3/b7-4+. The number of carbonyl (C=O) groups excluding carboxylic acids is 1. The first-order valence-corrected chi connectivity index (χ1v) is 9.85. The third kappa shape index (κ3) is 4.25. The summed E-state index contributed by atoms with van der Waals surface area (Å²) in [4.78, 5) is 14.4. The molecule has 1 fully saturated rings. The second-order valence-corrected chi connectivity index (χ2v) is 7.59. The number of benzene rings is 2. The van der Waals surface area contributed by atoms with Crippen LogP contribution in [0.25, 0.3) is 6.08 Å². The van der Waals surface area contributed by atoms with E-state index in [0.29, 0.717) is 22.6 Å². The van der Waals surface area contributed by atoms with Crippen LogP contribution >= 0.6 is 11.6 Å². The molecule has 0 radical (unpaired) electrons. The Morgan fingerprint density at radius 1 is 1.18 bits per heavy atom. The molecule has 0 atom stereocenters. The number of carbonyl (C=O) groups is 1. The Hall–Kier alpha value is -2.66. The highest BCUT2D eigenvalue weighted by atomic mass is 35.5. The fraction of sp³-hybridized carbons (Fsp3) is 0.318. The lowest BCUT2D eigenvalue weighted by Crippen LogP contribution is -2.41. The number of likely N-dealkylation sites (tertiary alicyclic amines) is 1. The zero-order valence-electron chi connectivity index (χ0n) is 15.8. The molecule has 2 aliphatic rings. The molecule has 6 heteroatoms. The lowest BCUT2D eigenvalue weighted by Gasteiger charge is -2.32. The van der Waals surface area contributed by atoms with Crippen LogP contribution in [0.3, 0.4) is 0 Å².